The van der Waals surface area contributed by atoms with Gasteiger partial charge in [0.2, 0.25) is 0 Å². The van der Waals surface area contributed by atoms with Crippen molar-refractivity contribution in [3.05, 3.63) is 35.4 Å². The molecular weight excluding hydrogens is 286 g/mol. The molecule has 0 aliphatic carbocycles. The Hall–Kier alpha value is -2.51. The lowest BCUT2D eigenvalue weighted by Gasteiger charge is -2.19. The van der Waals surface area contributed by atoms with Crippen LogP contribution >= 0.6 is 0 Å². The first-order chi connectivity index (χ1) is 9.72. The van der Waals surface area contributed by atoms with Crippen LogP contribution in [0.1, 0.15) is 24.2 Å². The Kier molecular flexibility index (Phi) is 5.34. The molecule has 1 aromatic rings. The monoisotopic (exact) mass is 300 g/mol. The Labute approximate surface area is 119 Å². The number of carbonyl (C=O) groups is 3. The van der Waals surface area contributed by atoms with Gasteiger partial charge < -0.3 is 10.5 Å². The maximum Gasteiger partial charge on any atom is 0.341 e. The second-order valence-electron chi connectivity index (χ2n) is 4.55. The molecule has 0 aliphatic heterocycles. The predicted molar refractivity (Wildman–Crippen MR) is 68.1 cm³/mol. The number of benzene rings is 1. The van der Waals surface area contributed by atoms with Crippen LogP contribution in [0.5, 0.6) is 0 Å². The van der Waals surface area contributed by atoms with Crippen molar-refractivity contribution in [1.82, 2.24) is 5.32 Å². The van der Waals surface area contributed by atoms with Crippen molar-refractivity contribution in [2.45, 2.75) is 20.0 Å². The van der Waals surface area contributed by atoms with Crippen LogP contribution in [0.2, 0.25) is 0 Å². The number of halogens is 2. The number of esters is 1. The maximum atomic E-state index is 13.4. The highest BCUT2D eigenvalue weighted by molar-refractivity contribution is 5.98. The number of hydrogen-bond acceptors (Lipinski definition) is 4. The van der Waals surface area contributed by atoms with Gasteiger partial charge in [0.25, 0.3) is 5.91 Å². The Bertz CT molecular complexity index is 575. The second-order valence-corrected chi connectivity index (χ2v) is 4.55. The molecule has 114 valence electrons. The summed E-state index contributed by atoms with van der Waals surface area (Å²) in [6.45, 7) is 3.11. The standard InChI is InChI=1S/C13H14F2N2O4/c1-6(2)10(11(18)17-13(16)20)21-12(19)8-4-3-7(14)5-9(8)15/h3-6,10H,1-2H3,(H3,16,17,18,20)/t10-/m0/s1. The molecule has 0 spiro atoms. The summed E-state index contributed by atoms with van der Waals surface area (Å²) in [7, 11) is 0. The number of hydrogen-bond donors (Lipinski definition) is 2. The van der Waals surface area contributed by atoms with Crippen LogP contribution < -0.4 is 11.1 Å². The average Bonchev–Trinajstić information content (AvgIpc) is 2.34. The topological polar surface area (TPSA) is 98.5 Å². The van der Waals surface area contributed by atoms with Gasteiger partial charge in [-0.1, -0.05) is 13.8 Å². The van der Waals surface area contributed by atoms with E-state index in [4.69, 9.17) is 10.5 Å². The van der Waals surface area contributed by atoms with Crippen molar-refractivity contribution in [2.75, 3.05) is 0 Å². The van der Waals surface area contributed by atoms with Crippen LogP contribution in [-0.4, -0.2) is 24.0 Å². The lowest BCUT2D eigenvalue weighted by Crippen LogP contribution is -2.45. The molecule has 0 bridgehead atoms. The van der Waals surface area contributed by atoms with E-state index < -0.39 is 47.1 Å². The molecule has 0 aromatic heterocycles. The molecule has 0 saturated carbocycles. The molecule has 1 rings (SSSR count). The van der Waals surface area contributed by atoms with E-state index in [0.717, 1.165) is 12.1 Å². The van der Waals surface area contributed by atoms with Crippen molar-refractivity contribution >= 4 is 17.9 Å². The van der Waals surface area contributed by atoms with E-state index in [2.05, 4.69) is 0 Å². The summed E-state index contributed by atoms with van der Waals surface area (Å²) < 4.78 is 31.1. The van der Waals surface area contributed by atoms with Crippen molar-refractivity contribution in [3.8, 4) is 0 Å². The summed E-state index contributed by atoms with van der Waals surface area (Å²) in [5.74, 6) is -4.52. The molecule has 0 unspecified atom stereocenters. The van der Waals surface area contributed by atoms with Crippen LogP contribution in [0, 0.1) is 17.6 Å². The minimum Gasteiger partial charge on any atom is -0.448 e. The number of imide groups is 1. The molecule has 0 heterocycles. The normalized spacial score (nSPS) is 11.9. The van der Waals surface area contributed by atoms with Crippen LogP contribution in [0.3, 0.4) is 0 Å². The molecule has 1 atom stereocenters. The van der Waals surface area contributed by atoms with E-state index in [1.807, 2.05) is 0 Å². The summed E-state index contributed by atoms with van der Waals surface area (Å²) in [5, 5.41) is 1.77. The first-order valence-electron chi connectivity index (χ1n) is 5.98. The van der Waals surface area contributed by atoms with Gasteiger partial charge in [-0.3, -0.25) is 10.1 Å². The first-order valence-corrected chi connectivity index (χ1v) is 5.98. The Morgan fingerprint density at radius 2 is 1.86 bits per heavy atom. The third kappa shape index (κ3) is 4.51. The van der Waals surface area contributed by atoms with Crippen LogP contribution in [-0.2, 0) is 9.53 Å². The largest absolute Gasteiger partial charge is 0.448 e. The van der Waals surface area contributed by atoms with Gasteiger partial charge in [0.05, 0.1) is 5.56 Å². The van der Waals surface area contributed by atoms with E-state index >= 15 is 0 Å². The Balaban J connectivity index is 2.91. The van der Waals surface area contributed by atoms with Crippen molar-refractivity contribution in [1.29, 1.82) is 0 Å². The predicted octanol–water partition coefficient (Wildman–Crippen LogP) is 1.34. The third-order valence-corrected chi connectivity index (χ3v) is 2.50. The Morgan fingerprint density at radius 1 is 1.24 bits per heavy atom. The number of rotatable bonds is 4. The molecule has 1 aromatic carbocycles. The highest BCUT2D eigenvalue weighted by atomic mass is 19.1. The number of carbonyl (C=O) groups excluding carboxylic acids is 3. The van der Waals surface area contributed by atoms with E-state index in [9.17, 15) is 23.2 Å². The molecular formula is C13H14F2N2O4. The van der Waals surface area contributed by atoms with Gasteiger partial charge in [0, 0.05) is 6.07 Å². The summed E-state index contributed by atoms with van der Waals surface area (Å²) in [6.07, 6.45) is -1.34. The zero-order valence-electron chi connectivity index (χ0n) is 11.4. The summed E-state index contributed by atoms with van der Waals surface area (Å²) in [4.78, 5) is 34.1. The maximum absolute atomic E-state index is 13.4. The molecule has 8 heteroatoms. The zero-order valence-corrected chi connectivity index (χ0v) is 11.4. The van der Waals surface area contributed by atoms with Crippen molar-refractivity contribution < 1.29 is 27.9 Å². The second kappa shape index (κ2) is 6.78. The number of nitrogens with two attached hydrogens (primary N) is 1. The van der Waals surface area contributed by atoms with Gasteiger partial charge in [-0.15, -0.1) is 0 Å². The number of urea groups is 1. The molecule has 6 nitrogen and oxygen atoms in total. The van der Waals surface area contributed by atoms with E-state index in [0.29, 0.717) is 6.07 Å². The van der Waals surface area contributed by atoms with E-state index in [-0.39, 0.29) is 0 Å². The van der Waals surface area contributed by atoms with Gasteiger partial charge >= 0.3 is 12.0 Å². The summed E-state index contributed by atoms with van der Waals surface area (Å²) >= 11 is 0. The fourth-order valence-corrected chi connectivity index (χ4v) is 1.52. The summed E-state index contributed by atoms with van der Waals surface area (Å²) in [6, 6.07) is 1.20. The number of primary amides is 1. The quantitative estimate of drug-likeness (QED) is 0.820. The fraction of sp³-hybridized carbons (Fsp3) is 0.308. The molecule has 0 radical (unpaired) electrons. The fourth-order valence-electron chi connectivity index (χ4n) is 1.52. The molecule has 0 fully saturated rings. The number of amides is 3. The van der Waals surface area contributed by atoms with Gasteiger partial charge in [0.15, 0.2) is 6.10 Å². The third-order valence-electron chi connectivity index (χ3n) is 2.50. The van der Waals surface area contributed by atoms with Gasteiger partial charge in [-0.25, -0.2) is 18.4 Å². The van der Waals surface area contributed by atoms with Crippen molar-refractivity contribution in [3.63, 3.8) is 0 Å². The van der Waals surface area contributed by atoms with E-state index in [1.165, 1.54) is 0 Å². The van der Waals surface area contributed by atoms with Crippen molar-refractivity contribution in [2.24, 2.45) is 11.7 Å². The van der Waals surface area contributed by atoms with Gasteiger partial charge in [-0.2, -0.15) is 0 Å². The average molecular weight is 300 g/mol. The van der Waals surface area contributed by atoms with Gasteiger partial charge in [-0.05, 0) is 18.1 Å². The number of nitrogens with one attached hydrogen (secondary N) is 1. The molecule has 21 heavy (non-hydrogen) atoms. The molecule has 3 N–H and O–H groups in total. The van der Waals surface area contributed by atoms with Gasteiger partial charge in [0.1, 0.15) is 11.6 Å². The molecule has 0 aliphatic rings. The highest BCUT2D eigenvalue weighted by Gasteiger charge is 2.28. The zero-order chi connectivity index (χ0) is 16.2. The summed E-state index contributed by atoms with van der Waals surface area (Å²) in [5.41, 5.74) is 4.28. The van der Waals surface area contributed by atoms with E-state index in [1.54, 1.807) is 19.2 Å². The SMILES string of the molecule is CC(C)[C@H](OC(=O)c1ccc(F)cc1F)C(=O)NC(N)=O. The molecule has 3 amide bonds. The van der Waals surface area contributed by atoms with Crippen LogP contribution in [0.4, 0.5) is 13.6 Å². The van der Waals surface area contributed by atoms with Crippen LogP contribution in [0.15, 0.2) is 18.2 Å². The first kappa shape index (κ1) is 16.5. The minimum atomic E-state index is -1.34. The molecule has 0 saturated heterocycles. The lowest BCUT2D eigenvalue weighted by molar-refractivity contribution is -0.130. The smallest absolute Gasteiger partial charge is 0.341 e. The number of ether oxygens (including phenoxy) is 1. The highest BCUT2D eigenvalue weighted by Crippen LogP contribution is 2.15. The Morgan fingerprint density at radius 3 is 2.33 bits per heavy atom. The lowest BCUT2D eigenvalue weighted by atomic mass is 10.1. The van der Waals surface area contributed by atoms with Crippen LogP contribution in [0.25, 0.3) is 0 Å². The minimum absolute atomic E-state index is 0.489.